The molecule has 0 radical (unpaired) electrons. The number of ether oxygens (including phenoxy) is 2. The molecular weight excluding hydrogens is 1850 g/mol. The van der Waals surface area contributed by atoms with E-state index in [4.69, 9.17) is 56.0 Å². The summed E-state index contributed by atoms with van der Waals surface area (Å²) in [6, 6.07) is 73.9. The molecule has 12 aromatic heterocycles. The molecule has 0 aliphatic rings. The highest BCUT2D eigenvalue weighted by Gasteiger charge is 2.26. The van der Waals surface area contributed by atoms with Crippen molar-refractivity contribution in [3.05, 3.63) is 394 Å². The third kappa shape index (κ3) is 24.1. The maximum atomic E-state index is 14.2. The number of benzene rings is 8. The summed E-state index contributed by atoms with van der Waals surface area (Å²) in [5, 5.41) is 13.2. The van der Waals surface area contributed by atoms with Crippen LogP contribution in [0.3, 0.4) is 0 Å². The zero-order valence-electron chi connectivity index (χ0n) is 80.9. The van der Waals surface area contributed by atoms with Gasteiger partial charge in [-0.05, 0) is 297 Å². The van der Waals surface area contributed by atoms with Crippen LogP contribution in [0.5, 0.6) is 11.5 Å². The quantitative estimate of drug-likeness (QED) is 0.0305. The van der Waals surface area contributed by atoms with E-state index in [-0.39, 0.29) is 35.6 Å². The van der Waals surface area contributed by atoms with Gasteiger partial charge in [-0.1, -0.05) is 71.8 Å². The number of aromatic nitrogens is 16. The van der Waals surface area contributed by atoms with Gasteiger partial charge >= 0.3 is 0 Å². The van der Waals surface area contributed by atoms with Gasteiger partial charge in [0, 0.05) is 140 Å². The van der Waals surface area contributed by atoms with Gasteiger partial charge in [0.2, 0.25) is 23.8 Å². The van der Waals surface area contributed by atoms with Crippen LogP contribution in [0.1, 0.15) is 50.1 Å². The fourth-order valence-electron chi connectivity index (χ4n) is 16.6. The lowest BCUT2D eigenvalue weighted by atomic mass is 10.1. The Kier molecular flexibility index (Phi) is 31.1. The minimum atomic E-state index is -0.403. The number of halogens is 7. The van der Waals surface area contributed by atoms with E-state index in [0.717, 1.165) is 144 Å². The average molecular weight is 1950 g/mol. The summed E-state index contributed by atoms with van der Waals surface area (Å²) >= 11 is 6.16. The largest absolute Gasteiger partial charge is 0.493 e. The van der Waals surface area contributed by atoms with Crippen LogP contribution in [-0.4, -0.2) is 168 Å². The van der Waals surface area contributed by atoms with Crippen molar-refractivity contribution < 1.29 is 35.8 Å². The maximum absolute atomic E-state index is 14.2. The Morgan fingerprint density at radius 2 is 0.618 bits per heavy atom. The molecule has 4 N–H and O–H groups in total. The monoisotopic (exact) mass is 1950 g/mol. The number of hydrogen-bond acceptors (Lipinski definition) is 22. The second kappa shape index (κ2) is 45.3. The minimum absolute atomic E-state index is 0.126. The first-order chi connectivity index (χ1) is 69.8. The first-order valence-corrected chi connectivity index (χ1v) is 46.5. The first-order valence-electron chi connectivity index (χ1n) is 46.2. The number of imidazole rings is 4. The van der Waals surface area contributed by atoms with E-state index in [1.807, 2.05) is 159 Å². The molecule has 728 valence electrons. The van der Waals surface area contributed by atoms with Crippen molar-refractivity contribution in [2.45, 2.75) is 59.3 Å². The van der Waals surface area contributed by atoms with Gasteiger partial charge in [-0.2, -0.15) is 0 Å². The van der Waals surface area contributed by atoms with Crippen LogP contribution in [0.15, 0.2) is 304 Å². The van der Waals surface area contributed by atoms with Gasteiger partial charge in [-0.3, -0.25) is 17.6 Å². The van der Waals surface area contributed by atoms with Gasteiger partial charge in [0.15, 0.2) is 11.5 Å². The predicted octanol–water partition coefficient (Wildman–Crippen LogP) is 22.3. The van der Waals surface area contributed by atoms with Crippen LogP contribution in [0.4, 0.5) is 50.1 Å². The lowest BCUT2D eigenvalue weighted by Gasteiger charge is -2.13. The molecule has 20 aromatic rings. The lowest BCUT2D eigenvalue weighted by Crippen LogP contribution is -2.10. The molecule has 0 unspecified atom stereocenters. The van der Waals surface area contributed by atoms with Gasteiger partial charge in [0.25, 0.3) is 0 Å². The smallest absolute Gasteiger partial charge is 0.223 e. The van der Waals surface area contributed by atoms with Crippen molar-refractivity contribution in [3.8, 4) is 102 Å². The first kappa shape index (κ1) is 98.9. The van der Waals surface area contributed by atoms with E-state index in [2.05, 4.69) is 121 Å². The number of fused-ring (bicyclic) bond motifs is 4. The van der Waals surface area contributed by atoms with Crippen molar-refractivity contribution in [3.63, 3.8) is 0 Å². The second-order valence-corrected chi connectivity index (χ2v) is 35.6. The van der Waals surface area contributed by atoms with E-state index >= 15 is 0 Å². The van der Waals surface area contributed by atoms with Crippen LogP contribution in [-0.2, 0) is 52.4 Å². The number of pyridine rings is 4. The number of aryl methyl sites for hydroxylation is 1. The minimum Gasteiger partial charge on any atom is -0.493 e. The number of nitrogens with zero attached hydrogens (tertiary/aromatic N) is 20. The Morgan fingerprint density at radius 1 is 0.306 bits per heavy atom. The fourth-order valence-corrected chi connectivity index (χ4v) is 16.9. The van der Waals surface area contributed by atoms with Crippen molar-refractivity contribution in [2.75, 3.05) is 91.9 Å². The number of methoxy groups -OCH3 is 2. The summed E-state index contributed by atoms with van der Waals surface area (Å²) in [4.78, 5) is 64.6. The molecule has 0 amide bonds. The average Bonchev–Trinajstić information content (AvgIpc) is 1.62. The summed E-state index contributed by atoms with van der Waals surface area (Å²) in [5.41, 5.74) is 24.1. The molecule has 20 rings (SSSR count). The molecule has 0 spiro atoms. The Bertz CT molecular complexity index is 7860. The van der Waals surface area contributed by atoms with Crippen LogP contribution in [0, 0.1) is 41.8 Å². The van der Waals surface area contributed by atoms with E-state index in [0.29, 0.717) is 99.7 Å². The number of para-hydroxylation sites is 1. The lowest BCUT2D eigenvalue weighted by molar-refractivity contribution is 0.352. The highest BCUT2D eigenvalue weighted by molar-refractivity contribution is 6.31. The van der Waals surface area contributed by atoms with Gasteiger partial charge in [0.05, 0.1) is 82.5 Å². The Morgan fingerprint density at radius 3 is 0.938 bits per heavy atom. The standard InChI is InChI=1S/C29H29FN6O2.C28H27FN6.C27H23ClF2N6.C27H24F2N6/c1-35(2)18-19-13-15-36-25(16-19)34-26(20-8-10-22(30)11-9-20)27(36)23-12-14-31-29(33-23)32-17-21-6-5-7-24(37-3)28(21)38-4;1-19-5-4-6-20(15-19)17-31-28-30-13-11-24(32-28)27-26(22-7-9-23(29)10-8-22)33-25-16-21(18-34(2)3)12-14-35(25)27;1-35(2)16-17-11-13-36-24(14-17)34-25(18-6-8-19(29)9-7-18)26(36)23-10-12-31-27(33-23)32-15-20-21(28)4-3-5-22(20)30;1-34(2)17-19-12-14-35-24(15-19)33-25(20-5-9-22(29)10-6-20)26(35)23-11-13-30-27(32-23)31-16-18-3-7-21(28)8-4-18/h5-16H,17-18H2,1-4H3,(H,31,32,33);4-16H,17-18H2,1-3H3,(H,30,31,32);3-14H,15-16H2,1-2H3,(H,31,32,33);3-15H,16-17H2,1-2H3,(H,30,31,32). The number of anilines is 4. The molecule has 0 aliphatic heterocycles. The molecule has 0 saturated carbocycles. The molecule has 0 atom stereocenters. The summed E-state index contributed by atoms with van der Waals surface area (Å²) < 4.78 is 101. The van der Waals surface area contributed by atoms with Gasteiger partial charge in [-0.15, -0.1) is 0 Å². The third-order valence-corrected chi connectivity index (χ3v) is 23.5. The third-order valence-electron chi connectivity index (χ3n) is 23.1. The summed E-state index contributed by atoms with van der Waals surface area (Å²) in [6.45, 7) is 6.88. The number of hydrogen-bond donors (Lipinski definition) is 4. The van der Waals surface area contributed by atoms with E-state index in [1.165, 1.54) is 72.3 Å². The zero-order chi connectivity index (χ0) is 101. The Hall–Kier alpha value is -16.7. The number of rotatable bonds is 30. The van der Waals surface area contributed by atoms with E-state index < -0.39 is 5.82 Å². The van der Waals surface area contributed by atoms with Gasteiger partial charge < -0.3 is 50.3 Å². The van der Waals surface area contributed by atoms with Crippen LogP contribution >= 0.6 is 11.6 Å². The second-order valence-electron chi connectivity index (χ2n) is 35.2. The maximum Gasteiger partial charge on any atom is 0.223 e. The Balaban J connectivity index is 0.000000132. The van der Waals surface area contributed by atoms with Crippen LogP contribution in [0.2, 0.25) is 5.02 Å². The molecule has 0 bridgehead atoms. The molecule has 144 heavy (non-hydrogen) atoms. The number of nitrogens with one attached hydrogen (secondary N) is 4. The Labute approximate surface area is 833 Å². The summed E-state index contributed by atoms with van der Waals surface area (Å²) in [7, 11) is 19.4. The highest BCUT2D eigenvalue weighted by Crippen LogP contribution is 2.40. The highest BCUT2D eigenvalue weighted by atomic mass is 35.5. The molecule has 0 saturated heterocycles. The molecule has 0 fully saturated rings. The van der Waals surface area contributed by atoms with Crippen LogP contribution < -0.4 is 30.7 Å². The normalized spacial score (nSPS) is 11.3. The van der Waals surface area contributed by atoms with Crippen molar-refractivity contribution in [1.29, 1.82) is 0 Å². The van der Waals surface area contributed by atoms with Crippen molar-refractivity contribution in [2.24, 2.45) is 0 Å². The molecule has 33 heteroatoms. The molecule has 8 aromatic carbocycles. The SMILES string of the molecule is CN(C)Cc1ccn2c(-c3ccnc(NCc4c(F)cccc4Cl)n3)c(-c3ccc(F)cc3)nc2c1.CN(C)Cc1ccn2c(-c3ccnc(NCc4ccc(F)cc4)n3)c(-c3ccc(F)cc3)nc2c1.COc1cccc(CNc2nccc(-c3c(-c4ccc(F)cc4)nc4cc(CN(C)C)ccn34)n2)c1OC.Cc1cccc(CNc2nccc(-c3c(-c4ccc(F)cc4)nc4cc(CN(C)C)ccn34)n2)c1. The van der Waals surface area contributed by atoms with E-state index in [1.54, 1.807) is 118 Å². The van der Waals surface area contributed by atoms with E-state index in [9.17, 15) is 26.3 Å². The van der Waals surface area contributed by atoms with Crippen molar-refractivity contribution >= 4 is 58.0 Å². The predicted molar refractivity (Wildman–Crippen MR) is 554 cm³/mol. The molecular formula is C111H103ClF6N24O2. The topological polar surface area (TPSA) is 252 Å². The zero-order valence-corrected chi connectivity index (χ0v) is 81.7. The summed E-state index contributed by atoms with van der Waals surface area (Å²) in [6.07, 6.45) is 14.7. The summed E-state index contributed by atoms with van der Waals surface area (Å²) in [5.74, 6) is 1.18. The fraction of sp³-hybridized carbons (Fsp3) is 0.171. The van der Waals surface area contributed by atoms with Gasteiger partial charge in [0.1, 0.15) is 57.5 Å². The molecule has 12 heterocycles. The molecule has 0 aliphatic carbocycles. The van der Waals surface area contributed by atoms with Crippen molar-refractivity contribution in [1.82, 2.24) is 97.0 Å². The molecule has 26 nitrogen and oxygen atoms in total. The van der Waals surface area contributed by atoms with Crippen LogP contribution in [0.25, 0.3) is 113 Å². The van der Waals surface area contributed by atoms with Gasteiger partial charge in [-0.25, -0.2) is 86.2 Å².